The highest BCUT2D eigenvalue weighted by Gasteiger charge is 2.17. The number of carbonyl (C=O) groups is 4. The van der Waals surface area contributed by atoms with Gasteiger partial charge in [0.1, 0.15) is 36.2 Å². The van der Waals surface area contributed by atoms with Gasteiger partial charge in [-0.2, -0.15) is 0 Å². The zero-order valence-electron chi connectivity index (χ0n) is 28.7. The molecule has 0 saturated heterocycles. The van der Waals surface area contributed by atoms with E-state index in [1.54, 1.807) is 72.8 Å². The van der Waals surface area contributed by atoms with Gasteiger partial charge >= 0.3 is 23.9 Å². The van der Waals surface area contributed by atoms with Gasteiger partial charge in [0.2, 0.25) is 0 Å². The fourth-order valence-electron chi connectivity index (χ4n) is 4.86. The molecule has 10 nitrogen and oxygen atoms in total. The quantitative estimate of drug-likeness (QED) is 0.0387. The second kappa shape index (κ2) is 19.9. The largest absolute Gasteiger partial charge is 0.494 e. The van der Waals surface area contributed by atoms with E-state index in [9.17, 15) is 19.2 Å². The molecule has 0 saturated carbocycles. The molecule has 0 fully saturated rings. The molecule has 4 aromatic rings. The molecule has 1 unspecified atom stereocenters. The third kappa shape index (κ3) is 12.5. The topological polar surface area (TPSA) is 124 Å². The van der Waals surface area contributed by atoms with Crippen LogP contribution in [0.3, 0.4) is 0 Å². The second-order valence-corrected chi connectivity index (χ2v) is 11.5. The van der Waals surface area contributed by atoms with Crippen molar-refractivity contribution in [2.75, 3.05) is 19.8 Å². The molecule has 0 aromatic heterocycles. The van der Waals surface area contributed by atoms with E-state index in [1.807, 2.05) is 0 Å². The number of hydrogen-bond acceptors (Lipinski definition) is 10. The third-order valence-electron chi connectivity index (χ3n) is 7.61. The Hall–Kier alpha value is -5.90. The van der Waals surface area contributed by atoms with Gasteiger partial charge in [-0.25, -0.2) is 19.2 Å². The first-order valence-electron chi connectivity index (χ1n) is 16.8. The molecule has 266 valence electrons. The van der Waals surface area contributed by atoms with Crippen molar-refractivity contribution in [3.8, 4) is 23.0 Å². The monoisotopic (exact) mass is 694 g/mol. The van der Waals surface area contributed by atoms with Gasteiger partial charge < -0.3 is 28.4 Å². The lowest BCUT2D eigenvalue weighted by atomic mass is 10.1. The van der Waals surface area contributed by atoms with Gasteiger partial charge in [-0.05, 0) is 90.0 Å². The minimum absolute atomic E-state index is 0.117. The van der Waals surface area contributed by atoms with Gasteiger partial charge in [0.25, 0.3) is 0 Å². The Labute approximate surface area is 297 Å². The maximum atomic E-state index is 12.8. The molecule has 0 N–H and O–H groups in total. The normalized spacial score (nSPS) is 11.2. The van der Waals surface area contributed by atoms with Crippen LogP contribution < -0.4 is 18.9 Å². The van der Waals surface area contributed by atoms with Crippen molar-refractivity contribution in [1.29, 1.82) is 0 Å². The zero-order chi connectivity index (χ0) is 36.4. The summed E-state index contributed by atoms with van der Waals surface area (Å²) in [6.07, 6.45) is 8.24. The van der Waals surface area contributed by atoms with Crippen molar-refractivity contribution in [1.82, 2.24) is 0 Å². The van der Waals surface area contributed by atoms with Crippen LogP contribution in [0.1, 0.15) is 66.2 Å². The zero-order valence-corrected chi connectivity index (χ0v) is 28.7. The minimum Gasteiger partial charge on any atom is -0.494 e. The highest BCUT2D eigenvalue weighted by molar-refractivity contribution is 5.94. The predicted molar refractivity (Wildman–Crippen MR) is 192 cm³/mol. The molecule has 0 spiro atoms. The average molecular weight is 695 g/mol. The molecular formula is C41H42O10. The van der Waals surface area contributed by atoms with Crippen LogP contribution in [0.25, 0.3) is 10.8 Å². The first-order chi connectivity index (χ1) is 24.8. The van der Waals surface area contributed by atoms with E-state index in [1.165, 1.54) is 37.8 Å². The summed E-state index contributed by atoms with van der Waals surface area (Å²) in [7, 11) is 0. The van der Waals surface area contributed by atoms with E-state index >= 15 is 0 Å². The van der Waals surface area contributed by atoms with E-state index < -0.39 is 30.0 Å². The Morgan fingerprint density at radius 3 is 1.61 bits per heavy atom. The lowest BCUT2D eigenvalue weighted by molar-refractivity contribution is -0.154. The first-order valence-corrected chi connectivity index (χ1v) is 16.8. The van der Waals surface area contributed by atoms with Crippen molar-refractivity contribution in [2.45, 2.75) is 51.6 Å². The summed E-state index contributed by atoms with van der Waals surface area (Å²) in [6.45, 7) is 9.17. The highest BCUT2D eigenvalue weighted by atomic mass is 16.6. The van der Waals surface area contributed by atoms with Gasteiger partial charge in [0.05, 0.1) is 17.7 Å². The molecule has 4 aromatic carbocycles. The Morgan fingerprint density at radius 2 is 1.08 bits per heavy atom. The fraction of sp³-hybridized carbons (Fsp3) is 0.268. The number of ether oxygens (including phenoxy) is 6. The van der Waals surface area contributed by atoms with E-state index in [0.29, 0.717) is 35.2 Å². The smallest absolute Gasteiger partial charge is 0.343 e. The second-order valence-electron chi connectivity index (χ2n) is 11.5. The number of benzene rings is 4. The van der Waals surface area contributed by atoms with Crippen molar-refractivity contribution in [2.24, 2.45) is 0 Å². The average Bonchev–Trinajstić information content (AvgIpc) is 3.15. The molecule has 4 rings (SSSR count). The summed E-state index contributed by atoms with van der Waals surface area (Å²) in [5.74, 6) is -0.624. The molecule has 0 heterocycles. The molecule has 0 radical (unpaired) electrons. The van der Waals surface area contributed by atoms with Crippen LogP contribution in [0.4, 0.5) is 0 Å². The summed E-state index contributed by atoms with van der Waals surface area (Å²) >= 11 is 0. The van der Waals surface area contributed by atoms with Crippen LogP contribution >= 0.6 is 0 Å². The molecule has 0 amide bonds. The molecule has 0 aliphatic heterocycles. The van der Waals surface area contributed by atoms with E-state index in [2.05, 4.69) is 20.1 Å². The van der Waals surface area contributed by atoms with Crippen LogP contribution in [-0.2, 0) is 19.1 Å². The standard InChI is InChI=1S/C41H42O10/c1-4-7-8-9-10-11-24-46-33-18-12-29(13-19-33)40(44)50-35-22-16-32-26-36(23-17-31(32)25-35)51-41(45)30-14-20-34(21-15-30)47-27-37(49-39(43)6-3)28-48-38(42)5-2/h5-6,12-23,25-26,37H,2-4,7-11,24,27-28H2,1H3. The molecule has 51 heavy (non-hydrogen) atoms. The van der Waals surface area contributed by atoms with E-state index in [-0.39, 0.29) is 18.8 Å². The van der Waals surface area contributed by atoms with Gasteiger partial charge in [0.15, 0.2) is 6.10 Å². The Bertz CT molecular complexity index is 1790. The number of carbonyl (C=O) groups excluding carboxylic acids is 4. The number of unbranched alkanes of at least 4 members (excludes halogenated alkanes) is 5. The Morgan fingerprint density at radius 1 is 0.588 bits per heavy atom. The number of rotatable bonds is 20. The van der Waals surface area contributed by atoms with Crippen LogP contribution in [-0.4, -0.2) is 49.8 Å². The number of esters is 4. The number of hydrogen-bond donors (Lipinski definition) is 0. The third-order valence-corrected chi connectivity index (χ3v) is 7.61. The lowest BCUT2D eigenvalue weighted by Crippen LogP contribution is -2.30. The van der Waals surface area contributed by atoms with Crippen LogP contribution in [0, 0.1) is 0 Å². The highest BCUT2D eigenvalue weighted by Crippen LogP contribution is 2.27. The Kier molecular flexibility index (Phi) is 14.8. The maximum absolute atomic E-state index is 12.8. The van der Waals surface area contributed by atoms with Crippen molar-refractivity contribution < 1.29 is 47.6 Å². The van der Waals surface area contributed by atoms with E-state index in [4.69, 9.17) is 28.4 Å². The first kappa shape index (κ1) is 37.9. The summed E-state index contributed by atoms with van der Waals surface area (Å²) in [6, 6.07) is 23.4. The summed E-state index contributed by atoms with van der Waals surface area (Å²) in [5.41, 5.74) is 0.685. The predicted octanol–water partition coefficient (Wildman–Crippen LogP) is 8.22. The van der Waals surface area contributed by atoms with Crippen molar-refractivity contribution in [3.05, 3.63) is 121 Å². The lowest BCUT2D eigenvalue weighted by Gasteiger charge is -2.17. The van der Waals surface area contributed by atoms with Crippen LogP contribution in [0.15, 0.2) is 110 Å². The summed E-state index contributed by atoms with van der Waals surface area (Å²) in [4.78, 5) is 48.6. The fourth-order valence-corrected chi connectivity index (χ4v) is 4.86. The van der Waals surface area contributed by atoms with Crippen LogP contribution in [0.2, 0.25) is 0 Å². The van der Waals surface area contributed by atoms with Crippen molar-refractivity contribution in [3.63, 3.8) is 0 Å². The molecule has 10 heteroatoms. The van der Waals surface area contributed by atoms with Gasteiger partial charge in [0, 0.05) is 12.2 Å². The van der Waals surface area contributed by atoms with Crippen molar-refractivity contribution >= 4 is 34.6 Å². The SMILES string of the molecule is C=CC(=O)OCC(COc1ccc(C(=O)Oc2ccc3cc(OC(=O)c4ccc(OCCCCCCCC)cc4)ccc3c2)cc1)OC(=O)C=C. The summed E-state index contributed by atoms with van der Waals surface area (Å²) < 4.78 is 32.7. The molecule has 0 aliphatic carbocycles. The van der Waals surface area contributed by atoms with Gasteiger partial charge in [-0.3, -0.25) is 0 Å². The van der Waals surface area contributed by atoms with Crippen LogP contribution in [0.5, 0.6) is 23.0 Å². The number of fused-ring (bicyclic) bond motifs is 1. The molecule has 1 atom stereocenters. The van der Waals surface area contributed by atoms with E-state index in [0.717, 1.165) is 35.8 Å². The van der Waals surface area contributed by atoms with Gasteiger partial charge in [-0.15, -0.1) is 0 Å². The summed E-state index contributed by atoms with van der Waals surface area (Å²) in [5, 5.41) is 1.57. The maximum Gasteiger partial charge on any atom is 0.343 e. The Balaban J connectivity index is 1.27. The van der Waals surface area contributed by atoms with Gasteiger partial charge in [-0.1, -0.05) is 64.3 Å². The molecular weight excluding hydrogens is 652 g/mol. The molecule has 0 bridgehead atoms. The molecule has 0 aliphatic rings. The minimum atomic E-state index is -0.891.